The molecule has 2 atom stereocenters. The predicted octanol–water partition coefficient (Wildman–Crippen LogP) is 2.14. The molecule has 1 aliphatic heterocycles. The Morgan fingerprint density at radius 1 is 1.35 bits per heavy atom. The lowest BCUT2D eigenvalue weighted by molar-refractivity contribution is -0.00662. The summed E-state index contributed by atoms with van der Waals surface area (Å²) in [5, 5.41) is 8.98. The van der Waals surface area contributed by atoms with Crippen molar-refractivity contribution in [3.63, 3.8) is 0 Å². The van der Waals surface area contributed by atoms with Gasteiger partial charge in [-0.15, -0.1) is 0 Å². The lowest BCUT2D eigenvalue weighted by atomic mass is 10.2. The van der Waals surface area contributed by atoms with E-state index >= 15 is 0 Å². The Hall–Kier alpha value is -2.08. The highest BCUT2D eigenvalue weighted by Crippen LogP contribution is 2.25. The lowest BCUT2D eigenvalue weighted by Gasteiger charge is -2.34. The summed E-state index contributed by atoms with van der Waals surface area (Å²) in [6.45, 7) is 5.44. The molecule has 0 radical (unpaired) electrons. The smallest absolute Gasteiger partial charge is 0.335 e. The molecule has 6 heteroatoms. The van der Waals surface area contributed by atoms with Gasteiger partial charge in [-0.2, -0.15) is 4.98 Å². The van der Waals surface area contributed by atoms with E-state index < -0.39 is 5.97 Å². The molecule has 1 aromatic heterocycles. The average molecular weight is 276 g/mol. The van der Waals surface area contributed by atoms with E-state index in [1.807, 2.05) is 18.7 Å². The van der Waals surface area contributed by atoms with Gasteiger partial charge in [-0.1, -0.05) is 0 Å². The number of morpholine rings is 1. The molecule has 2 heterocycles. The highest BCUT2D eigenvalue weighted by Gasteiger charge is 2.25. The van der Waals surface area contributed by atoms with Crippen LogP contribution in [-0.2, 0) is 4.74 Å². The SMILES string of the molecule is CC1CN(c2nc3ccc(C(=O)O)cc3o2)CC(C)O1. The van der Waals surface area contributed by atoms with Crippen LogP contribution in [0.25, 0.3) is 11.1 Å². The van der Waals surface area contributed by atoms with Crippen LogP contribution < -0.4 is 4.90 Å². The maximum absolute atomic E-state index is 11.0. The third kappa shape index (κ3) is 2.34. The molecule has 0 amide bonds. The predicted molar refractivity (Wildman–Crippen MR) is 73.2 cm³/mol. The van der Waals surface area contributed by atoms with Crippen molar-refractivity contribution in [2.45, 2.75) is 26.1 Å². The summed E-state index contributed by atoms with van der Waals surface area (Å²) in [7, 11) is 0. The highest BCUT2D eigenvalue weighted by molar-refractivity contribution is 5.92. The maximum atomic E-state index is 11.0. The van der Waals surface area contributed by atoms with Gasteiger partial charge in [-0.05, 0) is 32.0 Å². The third-order valence-corrected chi connectivity index (χ3v) is 3.31. The van der Waals surface area contributed by atoms with Crippen LogP contribution in [-0.4, -0.2) is 41.4 Å². The Morgan fingerprint density at radius 3 is 2.70 bits per heavy atom. The van der Waals surface area contributed by atoms with E-state index in [-0.39, 0.29) is 17.8 Å². The van der Waals surface area contributed by atoms with Crippen molar-refractivity contribution in [2.24, 2.45) is 0 Å². The summed E-state index contributed by atoms with van der Waals surface area (Å²) in [6, 6.07) is 5.21. The Labute approximate surface area is 116 Å². The minimum absolute atomic E-state index is 0.114. The van der Waals surface area contributed by atoms with Crippen molar-refractivity contribution < 1.29 is 19.1 Å². The van der Waals surface area contributed by atoms with Gasteiger partial charge in [-0.25, -0.2) is 4.79 Å². The van der Waals surface area contributed by atoms with Crippen molar-refractivity contribution in [2.75, 3.05) is 18.0 Å². The normalized spacial score (nSPS) is 23.2. The van der Waals surface area contributed by atoms with E-state index in [1.54, 1.807) is 6.07 Å². The Kier molecular flexibility index (Phi) is 3.10. The number of rotatable bonds is 2. The molecule has 6 nitrogen and oxygen atoms in total. The Balaban J connectivity index is 1.94. The van der Waals surface area contributed by atoms with E-state index in [2.05, 4.69) is 4.98 Å². The van der Waals surface area contributed by atoms with Gasteiger partial charge in [0.25, 0.3) is 6.01 Å². The zero-order valence-corrected chi connectivity index (χ0v) is 11.4. The first-order valence-corrected chi connectivity index (χ1v) is 6.57. The fourth-order valence-electron chi connectivity index (χ4n) is 2.51. The third-order valence-electron chi connectivity index (χ3n) is 3.31. The van der Waals surface area contributed by atoms with E-state index in [0.29, 0.717) is 30.2 Å². The summed E-state index contributed by atoms with van der Waals surface area (Å²) < 4.78 is 11.4. The van der Waals surface area contributed by atoms with Gasteiger partial charge in [-0.3, -0.25) is 0 Å². The second-order valence-electron chi connectivity index (χ2n) is 5.15. The molecule has 1 aliphatic rings. The highest BCUT2D eigenvalue weighted by atomic mass is 16.5. The fourth-order valence-corrected chi connectivity index (χ4v) is 2.51. The molecule has 106 valence electrons. The molecule has 1 N–H and O–H groups in total. The van der Waals surface area contributed by atoms with Crippen LogP contribution in [0.2, 0.25) is 0 Å². The number of oxazole rings is 1. The van der Waals surface area contributed by atoms with Gasteiger partial charge >= 0.3 is 5.97 Å². The van der Waals surface area contributed by atoms with Crippen LogP contribution in [0.4, 0.5) is 6.01 Å². The largest absolute Gasteiger partial charge is 0.478 e. The monoisotopic (exact) mass is 276 g/mol. The minimum atomic E-state index is -0.974. The van der Waals surface area contributed by atoms with E-state index in [1.165, 1.54) is 12.1 Å². The van der Waals surface area contributed by atoms with Crippen LogP contribution in [0.5, 0.6) is 0 Å². The first kappa shape index (κ1) is 12.9. The number of nitrogens with zero attached hydrogens (tertiary/aromatic N) is 2. The number of carbonyl (C=O) groups is 1. The van der Waals surface area contributed by atoms with Crippen molar-refractivity contribution >= 4 is 23.1 Å². The van der Waals surface area contributed by atoms with Gasteiger partial charge in [0.2, 0.25) is 0 Å². The molecule has 3 rings (SSSR count). The molecule has 1 aromatic carbocycles. The van der Waals surface area contributed by atoms with Gasteiger partial charge < -0.3 is 19.2 Å². The van der Waals surface area contributed by atoms with Gasteiger partial charge in [0.05, 0.1) is 17.8 Å². The van der Waals surface area contributed by atoms with Crippen LogP contribution in [0.3, 0.4) is 0 Å². The van der Waals surface area contributed by atoms with Gasteiger partial charge in [0.15, 0.2) is 5.58 Å². The second-order valence-corrected chi connectivity index (χ2v) is 5.15. The first-order valence-electron chi connectivity index (χ1n) is 6.57. The molecule has 0 aliphatic carbocycles. The van der Waals surface area contributed by atoms with Crippen molar-refractivity contribution in [1.29, 1.82) is 0 Å². The molecule has 0 spiro atoms. The lowest BCUT2D eigenvalue weighted by Crippen LogP contribution is -2.45. The number of hydrogen-bond acceptors (Lipinski definition) is 5. The maximum Gasteiger partial charge on any atom is 0.335 e. The van der Waals surface area contributed by atoms with Crippen LogP contribution >= 0.6 is 0 Å². The zero-order valence-electron chi connectivity index (χ0n) is 11.4. The first-order chi connectivity index (χ1) is 9.52. The molecular formula is C14H16N2O4. The molecule has 0 saturated carbocycles. The number of carboxylic acids is 1. The van der Waals surface area contributed by atoms with Crippen LogP contribution in [0.15, 0.2) is 22.6 Å². The summed E-state index contributed by atoms with van der Waals surface area (Å²) >= 11 is 0. The number of aromatic carboxylic acids is 1. The van der Waals surface area contributed by atoms with Crippen molar-refractivity contribution in [1.82, 2.24) is 4.98 Å². The molecule has 1 saturated heterocycles. The van der Waals surface area contributed by atoms with E-state index in [9.17, 15) is 4.79 Å². The quantitative estimate of drug-likeness (QED) is 0.905. The molecule has 20 heavy (non-hydrogen) atoms. The van der Waals surface area contributed by atoms with Crippen molar-refractivity contribution in [3.8, 4) is 0 Å². The molecule has 1 fully saturated rings. The van der Waals surface area contributed by atoms with E-state index in [0.717, 1.165) is 0 Å². The number of hydrogen-bond donors (Lipinski definition) is 1. The molecule has 2 aromatic rings. The van der Waals surface area contributed by atoms with E-state index in [4.69, 9.17) is 14.3 Å². The summed E-state index contributed by atoms with van der Waals surface area (Å²) in [5.74, 6) is -0.974. The summed E-state index contributed by atoms with van der Waals surface area (Å²) in [4.78, 5) is 17.4. The number of carboxylic acid groups (broad SMARTS) is 1. The summed E-state index contributed by atoms with van der Waals surface area (Å²) in [6.07, 6.45) is 0.228. The van der Waals surface area contributed by atoms with Gasteiger partial charge in [0, 0.05) is 13.1 Å². The standard InChI is InChI=1S/C14H16N2O4/c1-8-6-16(7-9(2)19-8)14-15-11-4-3-10(13(17)18)5-12(11)20-14/h3-5,8-9H,6-7H2,1-2H3,(H,17,18). The van der Waals surface area contributed by atoms with Crippen LogP contribution in [0, 0.1) is 0 Å². The summed E-state index contributed by atoms with van der Waals surface area (Å²) in [5.41, 5.74) is 1.35. The molecular weight excluding hydrogens is 260 g/mol. The Morgan fingerprint density at radius 2 is 2.05 bits per heavy atom. The fraction of sp³-hybridized carbons (Fsp3) is 0.429. The van der Waals surface area contributed by atoms with Gasteiger partial charge in [0.1, 0.15) is 5.52 Å². The number of aromatic nitrogens is 1. The molecule has 2 unspecified atom stereocenters. The number of benzene rings is 1. The number of ether oxygens (including phenoxy) is 1. The Bertz CT molecular complexity index is 642. The van der Waals surface area contributed by atoms with Crippen LogP contribution in [0.1, 0.15) is 24.2 Å². The minimum Gasteiger partial charge on any atom is -0.478 e. The average Bonchev–Trinajstić information content (AvgIpc) is 2.80. The zero-order chi connectivity index (χ0) is 14.3. The topological polar surface area (TPSA) is 75.8 Å². The number of anilines is 1. The number of fused-ring (bicyclic) bond motifs is 1. The molecule has 0 bridgehead atoms. The van der Waals surface area contributed by atoms with Crippen molar-refractivity contribution in [3.05, 3.63) is 23.8 Å². The second kappa shape index (κ2) is 4.79.